The van der Waals surface area contributed by atoms with Crippen molar-refractivity contribution in [2.75, 3.05) is 7.11 Å². The lowest BCUT2D eigenvalue weighted by atomic mass is 9.90. The molecule has 0 saturated heterocycles. The number of methoxy groups -OCH3 is 1. The lowest BCUT2D eigenvalue weighted by Crippen LogP contribution is -2.51. The summed E-state index contributed by atoms with van der Waals surface area (Å²) < 4.78 is 17.8. The van der Waals surface area contributed by atoms with E-state index in [9.17, 15) is 19.8 Å². The molecule has 1 heterocycles. The zero-order chi connectivity index (χ0) is 26.6. The van der Waals surface area contributed by atoms with Crippen LogP contribution in [0.15, 0.2) is 72.8 Å². The van der Waals surface area contributed by atoms with Gasteiger partial charge in [0.1, 0.15) is 12.6 Å². The summed E-state index contributed by atoms with van der Waals surface area (Å²) in [6.07, 6.45) is -0.704. The number of rotatable bonds is 9. The minimum Gasteiger partial charge on any atom is -0.493 e. The number of aliphatic hydroxyl groups excluding tert-OH is 1. The largest absolute Gasteiger partial charge is 0.493 e. The fourth-order valence-electron chi connectivity index (χ4n) is 5.02. The Morgan fingerprint density at radius 3 is 2.32 bits per heavy atom. The van der Waals surface area contributed by atoms with Crippen molar-refractivity contribution in [3.8, 4) is 11.5 Å². The number of fused-ring (bicyclic) bond motifs is 1. The Labute approximate surface area is 221 Å². The molecule has 0 spiro atoms. The van der Waals surface area contributed by atoms with Crippen molar-refractivity contribution in [2.24, 2.45) is 0 Å². The molecule has 0 aromatic heterocycles. The number of ether oxygens (including phenoxy) is 3. The van der Waals surface area contributed by atoms with Gasteiger partial charge < -0.3 is 29.3 Å². The molecule has 38 heavy (non-hydrogen) atoms. The number of amides is 1. The van der Waals surface area contributed by atoms with E-state index in [1.54, 1.807) is 25.3 Å². The first-order chi connectivity index (χ1) is 18.4. The maximum atomic E-state index is 13.9. The smallest absolute Gasteiger partial charge is 0.326 e. The minimum atomic E-state index is -1.11. The zero-order valence-corrected chi connectivity index (χ0v) is 21.2. The number of benzene rings is 3. The second kappa shape index (κ2) is 11.2. The highest BCUT2D eigenvalue weighted by atomic mass is 16.5. The molecule has 2 atom stereocenters. The average molecular weight is 518 g/mol. The van der Waals surface area contributed by atoms with Crippen LogP contribution < -0.4 is 9.47 Å². The molecular weight excluding hydrogens is 486 g/mol. The van der Waals surface area contributed by atoms with Crippen molar-refractivity contribution in [1.82, 2.24) is 4.90 Å². The van der Waals surface area contributed by atoms with Gasteiger partial charge in [0.15, 0.2) is 17.6 Å². The summed E-state index contributed by atoms with van der Waals surface area (Å²) in [6.45, 7) is 0.391. The molecule has 1 fully saturated rings. The first-order valence-corrected chi connectivity index (χ1v) is 12.7. The van der Waals surface area contributed by atoms with E-state index in [-0.39, 0.29) is 19.1 Å². The van der Waals surface area contributed by atoms with Gasteiger partial charge in [-0.15, -0.1) is 0 Å². The molecule has 5 rings (SSSR count). The molecule has 1 aliphatic heterocycles. The van der Waals surface area contributed by atoms with Gasteiger partial charge in [-0.1, -0.05) is 66.7 Å². The maximum absolute atomic E-state index is 13.9. The number of aliphatic carboxylic acids is 1. The molecule has 1 aliphatic carbocycles. The summed E-state index contributed by atoms with van der Waals surface area (Å²) in [5.74, 6) is -0.519. The van der Waals surface area contributed by atoms with Gasteiger partial charge in [0.25, 0.3) is 5.91 Å². The molecule has 1 amide bonds. The molecule has 8 nitrogen and oxygen atoms in total. The highest BCUT2D eigenvalue weighted by Gasteiger charge is 2.42. The normalized spacial score (nSPS) is 21.1. The maximum Gasteiger partial charge on any atom is 0.326 e. The lowest BCUT2D eigenvalue weighted by Gasteiger charge is -2.39. The van der Waals surface area contributed by atoms with Gasteiger partial charge in [0, 0.05) is 18.5 Å². The number of carbonyl (C=O) groups excluding carboxylic acids is 1. The van der Waals surface area contributed by atoms with Crippen molar-refractivity contribution in [2.45, 2.75) is 56.8 Å². The number of carboxylic acid groups (broad SMARTS) is 1. The summed E-state index contributed by atoms with van der Waals surface area (Å²) in [6, 6.07) is 21.3. The lowest BCUT2D eigenvalue weighted by molar-refractivity contribution is -0.167. The van der Waals surface area contributed by atoms with E-state index in [0.717, 1.165) is 16.7 Å². The Morgan fingerprint density at radius 1 is 1.00 bits per heavy atom. The Kier molecular flexibility index (Phi) is 7.62. The predicted octanol–water partition coefficient (Wildman–Crippen LogP) is 3.89. The number of hydrogen-bond donors (Lipinski definition) is 2. The van der Waals surface area contributed by atoms with E-state index >= 15 is 0 Å². The van der Waals surface area contributed by atoms with Crippen molar-refractivity contribution in [3.63, 3.8) is 0 Å². The minimum absolute atomic E-state index is 0.0708. The van der Waals surface area contributed by atoms with Gasteiger partial charge >= 0.3 is 5.97 Å². The zero-order valence-electron chi connectivity index (χ0n) is 21.2. The number of aliphatic hydroxyl groups is 1. The van der Waals surface area contributed by atoms with Crippen LogP contribution in [0.25, 0.3) is 0 Å². The van der Waals surface area contributed by atoms with Gasteiger partial charge in [-0.05, 0) is 35.6 Å². The first-order valence-electron chi connectivity index (χ1n) is 12.7. The molecule has 3 aromatic rings. The van der Waals surface area contributed by atoms with Gasteiger partial charge in [0.05, 0.1) is 19.3 Å². The van der Waals surface area contributed by atoms with Gasteiger partial charge in [-0.3, -0.25) is 4.79 Å². The van der Waals surface area contributed by atoms with Gasteiger partial charge in [0.2, 0.25) is 0 Å². The van der Waals surface area contributed by atoms with Crippen LogP contribution in [0.3, 0.4) is 0 Å². The third kappa shape index (κ3) is 5.37. The quantitative estimate of drug-likeness (QED) is 0.444. The molecular formula is C30H31NO7. The third-order valence-electron chi connectivity index (χ3n) is 7.17. The Hall–Kier alpha value is -3.88. The molecule has 198 valence electrons. The van der Waals surface area contributed by atoms with Crippen LogP contribution in [0, 0.1) is 0 Å². The van der Waals surface area contributed by atoms with Crippen LogP contribution in [0.2, 0.25) is 0 Å². The van der Waals surface area contributed by atoms with E-state index < -0.39 is 30.1 Å². The van der Waals surface area contributed by atoms with Crippen molar-refractivity contribution in [1.29, 1.82) is 0 Å². The summed E-state index contributed by atoms with van der Waals surface area (Å²) in [5, 5.41) is 19.9. The number of hydrogen-bond acceptors (Lipinski definition) is 6. The van der Waals surface area contributed by atoms with Crippen LogP contribution >= 0.6 is 0 Å². The van der Waals surface area contributed by atoms with E-state index in [2.05, 4.69) is 0 Å². The molecule has 0 bridgehead atoms. The Balaban J connectivity index is 1.45. The van der Waals surface area contributed by atoms with Crippen LogP contribution in [0.1, 0.15) is 41.2 Å². The third-order valence-corrected chi connectivity index (χ3v) is 7.17. The molecule has 0 unspecified atom stereocenters. The van der Waals surface area contributed by atoms with E-state index in [4.69, 9.17) is 14.2 Å². The van der Waals surface area contributed by atoms with E-state index in [1.165, 1.54) is 4.90 Å². The SMILES string of the molecule is COc1ccc2c(c1OCc1ccccc1)C[C@@H](C(=O)O)N(C(=O)[C@H](O[C@H]1C[C@@H](O)C1)c1ccccc1)C2. The van der Waals surface area contributed by atoms with Crippen molar-refractivity contribution < 1.29 is 34.0 Å². The molecule has 3 aromatic carbocycles. The first kappa shape index (κ1) is 25.8. The van der Waals surface area contributed by atoms with Crippen LogP contribution in [0.4, 0.5) is 0 Å². The second-order valence-electron chi connectivity index (χ2n) is 9.71. The van der Waals surface area contributed by atoms with Crippen LogP contribution in [-0.4, -0.2) is 52.3 Å². The molecule has 0 radical (unpaired) electrons. The summed E-state index contributed by atoms with van der Waals surface area (Å²) in [5.41, 5.74) is 3.13. The van der Waals surface area contributed by atoms with Crippen LogP contribution in [-0.2, 0) is 33.9 Å². The fraction of sp³-hybridized carbons (Fsp3) is 0.333. The molecule has 2 aliphatic rings. The van der Waals surface area contributed by atoms with Gasteiger partial charge in [-0.25, -0.2) is 4.79 Å². The van der Waals surface area contributed by atoms with Crippen LogP contribution in [0.5, 0.6) is 11.5 Å². The van der Waals surface area contributed by atoms with E-state index in [0.29, 0.717) is 36.5 Å². The predicted molar refractivity (Wildman–Crippen MR) is 139 cm³/mol. The Bertz CT molecular complexity index is 1270. The van der Waals surface area contributed by atoms with Gasteiger partial charge in [-0.2, -0.15) is 0 Å². The highest BCUT2D eigenvalue weighted by Crippen LogP contribution is 2.40. The monoisotopic (exact) mass is 517 g/mol. The summed E-state index contributed by atoms with van der Waals surface area (Å²) >= 11 is 0. The average Bonchev–Trinajstić information content (AvgIpc) is 2.93. The number of nitrogens with zero attached hydrogens (tertiary/aromatic N) is 1. The number of carboxylic acids is 1. The van der Waals surface area contributed by atoms with Crippen molar-refractivity contribution in [3.05, 3.63) is 95.1 Å². The molecule has 2 N–H and O–H groups in total. The fourth-order valence-corrected chi connectivity index (χ4v) is 5.02. The number of carbonyl (C=O) groups is 2. The highest BCUT2D eigenvalue weighted by molar-refractivity contribution is 5.88. The second-order valence-corrected chi connectivity index (χ2v) is 9.71. The topological polar surface area (TPSA) is 106 Å². The molecule has 1 saturated carbocycles. The van der Waals surface area contributed by atoms with E-state index in [1.807, 2.05) is 54.6 Å². The Morgan fingerprint density at radius 2 is 1.68 bits per heavy atom. The van der Waals surface area contributed by atoms with Crippen molar-refractivity contribution >= 4 is 11.9 Å². The summed E-state index contributed by atoms with van der Waals surface area (Å²) in [7, 11) is 1.55. The molecule has 8 heteroatoms. The summed E-state index contributed by atoms with van der Waals surface area (Å²) in [4.78, 5) is 27.8. The standard InChI is InChI=1S/C30H31NO7/c1-36-26-13-12-21-17-31(29(33)27(20-10-6-3-7-11-20)38-23-14-22(32)15-23)25(30(34)35)16-24(21)28(26)37-18-19-8-4-2-5-9-19/h2-13,22-23,25,27,32H,14-18H2,1H3,(H,34,35)/t22-,23+,25-,27+/m0/s1.